The van der Waals surface area contributed by atoms with E-state index in [1.807, 2.05) is 33.4 Å². The molecule has 0 saturated carbocycles. The number of aromatic nitrogens is 4. The molecule has 0 aliphatic heterocycles. The van der Waals surface area contributed by atoms with Gasteiger partial charge in [0.05, 0.1) is 12.1 Å². The molecule has 0 radical (unpaired) electrons. The summed E-state index contributed by atoms with van der Waals surface area (Å²) in [5.74, 6) is 1.24. The van der Waals surface area contributed by atoms with Crippen molar-refractivity contribution in [2.24, 2.45) is 0 Å². The van der Waals surface area contributed by atoms with Crippen LogP contribution in [0.3, 0.4) is 0 Å². The lowest BCUT2D eigenvalue weighted by Crippen LogP contribution is -2.24. The number of hydrogen-bond donors (Lipinski definition) is 1. The Kier molecular flexibility index (Phi) is 5.54. The number of amides is 1. The van der Waals surface area contributed by atoms with Crippen LogP contribution < -0.4 is 10.9 Å². The van der Waals surface area contributed by atoms with E-state index in [9.17, 15) is 9.59 Å². The number of carbonyl (C=O) groups is 1. The molecule has 28 heavy (non-hydrogen) atoms. The van der Waals surface area contributed by atoms with E-state index in [4.69, 9.17) is 0 Å². The van der Waals surface area contributed by atoms with E-state index in [1.54, 1.807) is 15.9 Å². The van der Waals surface area contributed by atoms with Crippen molar-refractivity contribution in [3.63, 3.8) is 0 Å². The molecule has 7 nitrogen and oxygen atoms in total. The number of thiophene rings is 2. The Morgan fingerprint density at radius 1 is 1.21 bits per heavy atom. The van der Waals surface area contributed by atoms with E-state index in [-0.39, 0.29) is 11.5 Å². The van der Waals surface area contributed by atoms with Crippen LogP contribution in [-0.4, -0.2) is 25.1 Å². The largest absolute Gasteiger partial charge is 0.351 e. The number of rotatable bonds is 8. The smallest absolute Gasteiger partial charge is 0.272 e. The van der Waals surface area contributed by atoms with Crippen LogP contribution in [0.25, 0.3) is 16.0 Å². The molecule has 4 aromatic heterocycles. The van der Waals surface area contributed by atoms with Crippen LogP contribution in [0.2, 0.25) is 0 Å². The fraction of sp³-hybridized carbons (Fsp3) is 0.368. The number of fused-ring (bicyclic) bond motifs is 3. The highest BCUT2D eigenvalue weighted by Gasteiger charge is 2.17. The third-order valence-electron chi connectivity index (χ3n) is 4.63. The van der Waals surface area contributed by atoms with E-state index in [2.05, 4.69) is 22.4 Å². The molecular formula is C19H21N5O2S2. The van der Waals surface area contributed by atoms with Crippen molar-refractivity contribution >= 4 is 44.6 Å². The van der Waals surface area contributed by atoms with Crippen molar-refractivity contribution in [1.82, 2.24) is 24.5 Å². The molecule has 4 heterocycles. The van der Waals surface area contributed by atoms with Gasteiger partial charge < -0.3 is 5.32 Å². The zero-order chi connectivity index (χ0) is 19.5. The average Bonchev–Trinajstić information content (AvgIpc) is 3.44. The van der Waals surface area contributed by atoms with Gasteiger partial charge in [0.15, 0.2) is 0 Å². The Hall–Kier alpha value is -2.52. The fourth-order valence-corrected chi connectivity index (χ4v) is 4.64. The van der Waals surface area contributed by atoms with Crippen molar-refractivity contribution in [3.8, 4) is 0 Å². The molecule has 0 unspecified atom stereocenters. The highest BCUT2D eigenvalue weighted by atomic mass is 32.1. The topological polar surface area (TPSA) is 81.3 Å². The summed E-state index contributed by atoms with van der Waals surface area (Å²) in [6.45, 7) is 3.25. The molecule has 146 valence electrons. The first-order valence-electron chi connectivity index (χ1n) is 9.32. The molecule has 0 aromatic carbocycles. The number of unbranched alkanes of at least 4 members (excludes halogenated alkanes) is 1. The molecule has 0 aliphatic rings. The summed E-state index contributed by atoms with van der Waals surface area (Å²) in [4.78, 5) is 26.2. The lowest BCUT2D eigenvalue weighted by atomic mass is 10.2. The zero-order valence-electron chi connectivity index (χ0n) is 15.6. The molecule has 0 bridgehead atoms. The lowest BCUT2D eigenvalue weighted by Gasteiger charge is -2.09. The van der Waals surface area contributed by atoms with Crippen LogP contribution in [-0.2, 0) is 24.3 Å². The second-order valence-corrected chi connectivity index (χ2v) is 8.50. The van der Waals surface area contributed by atoms with Gasteiger partial charge >= 0.3 is 0 Å². The molecule has 0 saturated heterocycles. The van der Waals surface area contributed by atoms with Crippen LogP contribution >= 0.6 is 22.7 Å². The average molecular weight is 416 g/mol. The lowest BCUT2D eigenvalue weighted by molar-refractivity contribution is -0.121. The molecule has 0 atom stereocenters. The maximum Gasteiger partial charge on any atom is 0.272 e. The van der Waals surface area contributed by atoms with E-state index < -0.39 is 0 Å². The van der Waals surface area contributed by atoms with Crippen LogP contribution in [0.5, 0.6) is 0 Å². The van der Waals surface area contributed by atoms with Crippen molar-refractivity contribution in [2.45, 2.75) is 45.7 Å². The van der Waals surface area contributed by atoms with E-state index in [0.717, 1.165) is 23.2 Å². The van der Waals surface area contributed by atoms with Crippen molar-refractivity contribution in [3.05, 3.63) is 50.0 Å². The van der Waals surface area contributed by atoms with Crippen LogP contribution in [0.1, 0.15) is 36.9 Å². The summed E-state index contributed by atoms with van der Waals surface area (Å²) in [6, 6.07) is 5.89. The Labute approximate surface area is 169 Å². The van der Waals surface area contributed by atoms with Gasteiger partial charge in [-0.2, -0.15) is 0 Å². The van der Waals surface area contributed by atoms with Crippen molar-refractivity contribution < 1.29 is 4.79 Å². The Balaban J connectivity index is 1.58. The summed E-state index contributed by atoms with van der Waals surface area (Å²) in [6.07, 6.45) is 2.69. The monoisotopic (exact) mass is 415 g/mol. The normalized spacial score (nSPS) is 11.5. The minimum Gasteiger partial charge on any atom is -0.351 e. The van der Waals surface area contributed by atoms with E-state index >= 15 is 0 Å². The van der Waals surface area contributed by atoms with Crippen LogP contribution in [0.4, 0.5) is 0 Å². The summed E-state index contributed by atoms with van der Waals surface area (Å²) < 4.78 is 4.33. The van der Waals surface area contributed by atoms with Gasteiger partial charge in [0.25, 0.3) is 5.56 Å². The van der Waals surface area contributed by atoms with Crippen molar-refractivity contribution in [1.29, 1.82) is 0 Å². The predicted molar refractivity (Wildman–Crippen MR) is 112 cm³/mol. The van der Waals surface area contributed by atoms with Crippen LogP contribution in [0, 0.1) is 0 Å². The molecule has 1 N–H and O–H groups in total. The first kappa shape index (κ1) is 18.8. The predicted octanol–water partition coefficient (Wildman–Crippen LogP) is 3.22. The Bertz CT molecular complexity index is 1160. The Morgan fingerprint density at radius 2 is 2.11 bits per heavy atom. The second-order valence-electron chi connectivity index (χ2n) is 6.55. The number of carbonyl (C=O) groups excluding carboxylic acids is 1. The maximum absolute atomic E-state index is 12.8. The fourth-order valence-electron chi connectivity index (χ4n) is 3.17. The third kappa shape index (κ3) is 3.59. The standard InChI is InChI=1S/C19H21N5O2S2/c1-2-3-9-23-18(26)17-14(8-11-28-17)24-15(21-22-19(23)24)6-7-16(25)20-12-13-5-4-10-27-13/h4-5,8,10-11H,2-3,6-7,9,12H2,1H3,(H,20,25). The first-order valence-corrected chi connectivity index (χ1v) is 11.1. The molecule has 9 heteroatoms. The molecule has 4 rings (SSSR count). The molecular weight excluding hydrogens is 394 g/mol. The van der Waals surface area contributed by atoms with Gasteiger partial charge in [-0.05, 0) is 29.3 Å². The second kappa shape index (κ2) is 8.24. The van der Waals surface area contributed by atoms with E-state index in [1.165, 1.54) is 11.3 Å². The SMILES string of the molecule is CCCCn1c(=O)c2sccc2n2c(CCC(=O)NCc3cccs3)nnc12. The summed E-state index contributed by atoms with van der Waals surface area (Å²) in [5, 5.41) is 15.4. The molecule has 0 fully saturated rings. The van der Waals surface area contributed by atoms with Crippen molar-refractivity contribution in [2.75, 3.05) is 0 Å². The van der Waals surface area contributed by atoms with Gasteiger partial charge in [0.1, 0.15) is 10.5 Å². The number of nitrogens with zero attached hydrogens (tertiary/aromatic N) is 4. The molecule has 4 aromatic rings. The minimum absolute atomic E-state index is 0.0152. The number of nitrogens with one attached hydrogen (secondary N) is 1. The third-order valence-corrected chi connectivity index (χ3v) is 6.40. The minimum atomic E-state index is -0.0222. The van der Waals surface area contributed by atoms with Gasteiger partial charge in [-0.1, -0.05) is 19.4 Å². The maximum atomic E-state index is 12.8. The molecule has 1 amide bonds. The number of hydrogen-bond acceptors (Lipinski definition) is 6. The zero-order valence-corrected chi connectivity index (χ0v) is 17.2. The molecule has 0 aliphatic carbocycles. The highest BCUT2D eigenvalue weighted by molar-refractivity contribution is 7.17. The molecule has 0 spiro atoms. The van der Waals surface area contributed by atoms with Gasteiger partial charge in [-0.15, -0.1) is 32.9 Å². The quantitative estimate of drug-likeness (QED) is 0.479. The number of aryl methyl sites for hydroxylation is 2. The van der Waals surface area contributed by atoms with Gasteiger partial charge in [0.2, 0.25) is 11.7 Å². The first-order chi connectivity index (χ1) is 13.7. The summed E-state index contributed by atoms with van der Waals surface area (Å²) in [7, 11) is 0. The highest BCUT2D eigenvalue weighted by Crippen LogP contribution is 2.20. The van der Waals surface area contributed by atoms with Gasteiger partial charge in [-0.3, -0.25) is 18.6 Å². The van der Waals surface area contributed by atoms with Gasteiger partial charge in [0, 0.05) is 24.3 Å². The van der Waals surface area contributed by atoms with E-state index in [0.29, 0.717) is 42.2 Å². The van der Waals surface area contributed by atoms with Gasteiger partial charge in [-0.25, -0.2) is 0 Å². The summed E-state index contributed by atoms with van der Waals surface area (Å²) in [5.41, 5.74) is 0.801. The summed E-state index contributed by atoms with van der Waals surface area (Å²) >= 11 is 3.05. The van der Waals surface area contributed by atoms with Crippen LogP contribution in [0.15, 0.2) is 33.8 Å². The Morgan fingerprint density at radius 3 is 2.89 bits per heavy atom.